The van der Waals surface area contributed by atoms with Crippen LogP contribution < -0.4 is 15.1 Å². The molecule has 0 unspecified atom stereocenters. The Kier molecular flexibility index (Phi) is 7.84. The first-order chi connectivity index (χ1) is 14.2. The number of hydrogen-bond donors (Lipinski definition) is 2. The van der Waals surface area contributed by atoms with Gasteiger partial charge in [-0.05, 0) is 43.5 Å². The SMILES string of the molecule is CC(=O)O.Cc1cc(O)c(C)c(C)c1OC[Si](C)(c1ccccc1)c1ccccc1. The summed E-state index contributed by atoms with van der Waals surface area (Å²) in [4.78, 5) is 9.00. The summed E-state index contributed by atoms with van der Waals surface area (Å²) in [6, 6.07) is 23.2. The first-order valence-electron chi connectivity index (χ1n) is 9.90. The van der Waals surface area contributed by atoms with Crippen molar-refractivity contribution >= 4 is 24.4 Å². The normalized spacial score (nSPS) is 10.7. The second kappa shape index (κ2) is 10.1. The molecule has 0 spiro atoms. The maximum absolute atomic E-state index is 10.0. The van der Waals surface area contributed by atoms with Crippen molar-refractivity contribution in [2.75, 3.05) is 6.23 Å². The quantitative estimate of drug-likeness (QED) is 0.604. The lowest BCUT2D eigenvalue weighted by Gasteiger charge is -2.29. The van der Waals surface area contributed by atoms with Crippen LogP contribution in [0.25, 0.3) is 0 Å². The number of aromatic hydroxyl groups is 1. The van der Waals surface area contributed by atoms with Crippen LogP contribution in [-0.2, 0) is 4.79 Å². The molecule has 0 atom stereocenters. The fraction of sp³-hybridized carbons (Fsp3) is 0.240. The van der Waals surface area contributed by atoms with Gasteiger partial charge in [-0.2, -0.15) is 0 Å². The molecule has 0 saturated heterocycles. The smallest absolute Gasteiger partial charge is 0.300 e. The minimum absolute atomic E-state index is 0.332. The number of benzene rings is 3. The molecule has 0 aromatic heterocycles. The molecule has 4 nitrogen and oxygen atoms in total. The summed E-state index contributed by atoms with van der Waals surface area (Å²) in [6.45, 7) is 9.38. The zero-order valence-electron chi connectivity index (χ0n) is 18.3. The molecule has 2 N–H and O–H groups in total. The lowest BCUT2D eigenvalue weighted by Crippen LogP contribution is -2.60. The number of phenols is 1. The number of rotatable bonds is 5. The van der Waals surface area contributed by atoms with Crippen molar-refractivity contribution in [2.45, 2.75) is 34.2 Å². The topological polar surface area (TPSA) is 66.8 Å². The van der Waals surface area contributed by atoms with Gasteiger partial charge in [0.2, 0.25) is 0 Å². The first kappa shape index (κ1) is 23.2. The van der Waals surface area contributed by atoms with Gasteiger partial charge in [0.25, 0.3) is 5.97 Å². The number of hydrogen-bond acceptors (Lipinski definition) is 3. The summed E-state index contributed by atoms with van der Waals surface area (Å²) < 4.78 is 6.43. The minimum atomic E-state index is -2.05. The molecule has 0 aliphatic carbocycles. The van der Waals surface area contributed by atoms with Crippen LogP contribution in [0.1, 0.15) is 23.6 Å². The van der Waals surface area contributed by atoms with Crippen molar-refractivity contribution in [3.8, 4) is 11.5 Å². The largest absolute Gasteiger partial charge is 0.508 e. The van der Waals surface area contributed by atoms with Gasteiger partial charge in [-0.25, -0.2) is 0 Å². The third-order valence-corrected chi connectivity index (χ3v) is 9.26. The summed E-state index contributed by atoms with van der Waals surface area (Å²) in [7, 11) is -2.05. The average molecular weight is 423 g/mol. The van der Waals surface area contributed by atoms with Crippen molar-refractivity contribution in [2.24, 2.45) is 0 Å². The molecule has 3 rings (SSSR count). The lowest BCUT2D eigenvalue weighted by molar-refractivity contribution is -0.134. The highest BCUT2D eigenvalue weighted by Crippen LogP contribution is 2.32. The minimum Gasteiger partial charge on any atom is -0.508 e. The fourth-order valence-electron chi connectivity index (χ4n) is 3.42. The van der Waals surface area contributed by atoms with E-state index in [1.807, 2.05) is 20.8 Å². The molecular weight excluding hydrogens is 392 g/mol. The van der Waals surface area contributed by atoms with Crippen molar-refractivity contribution in [1.82, 2.24) is 0 Å². The van der Waals surface area contributed by atoms with Crippen molar-refractivity contribution in [1.29, 1.82) is 0 Å². The summed E-state index contributed by atoms with van der Waals surface area (Å²) in [6.07, 6.45) is 0.660. The maximum Gasteiger partial charge on any atom is 0.300 e. The van der Waals surface area contributed by atoms with E-state index in [9.17, 15) is 5.11 Å². The molecule has 158 valence electrons. The highest BCUT2D eigenvalue weighted by molar-refractivity contribution is 7.01. The Morgan fingerprint density at radius 3 is 1.77 bits per heavy atom. The molecule has 0 heterocycles. The number of carboxylic acids is 1. The van der Waals surface area contributed by atoms with Gasteiger partial charge in [0.05, 0.1) is 6.23 Å². The van der Waals surface area contributed by atoms with Gasteiger partial charge in [-0.15, -0.1) is 0 Å². The number of aliphatic carboxylic acids is 1. The second-order valence-electron chi connectivity index (χ2n) is 7.66. The standard InChI is InChI=1S/C23H26O2Si.C2H4O2/c1-17-15-22(24)18(2)19(3)23(17)25-16-26(4,20-11-7-5-8-12-20)21-13-9-6-10-14-21;1-2(3)4/h5-15,24H,16H2,1-4H3;1H3,(H,3,4). The molecule has 30 heavy (non-hydrogen) atoms. The summed E-state index contributed by atoms with van der Waals surface area (Å²) in [5, 5.41) is 20.2. The van der Waals surface area contributed by atoms with Gasteiger partial charge in [0.1, 0.15) is 11.5 Å². The Hall–Kier alpha value is -3.05. The van der Waals surface area contributed by atoms with Crippen LogP contribution in [0, 0.1) is 20.8 Å². The van der Waals surface area contributed by atoms with Crippen LogP contribution in [-0.4, -0.2) is 30.5 Å². The monoisotopic (exact) mass is 422 g/mol. The Bertz CT molecular complexity index is 942. The lowest BCUT2D eigenvalue weighted by atomic mass is 10.0. The third-order valence-electron chi connectivity index (χ3n) is 5.33. The predicted molar refractivity (Wildman–Crippen MR) is 125 cm³/mol. The van der Waals surface area contributed by atoms with Crippen molar-refractivity contribution < 1.29 is 19.7 Å². The fourth-order valence-corrected chi connectivity index (χ4v) is 6.38. The summed E-state index contributed by atoms with van der Waals surface area (Å²) in [5.74, 6) is 0.393. The summed E-state index contributed by atoms with van der Waals surface area (Å²) >= 11 is 0. The van der Waals surface area contributed by atoms with E-state index in [0.29, 0.717) is 12.0 Å². The molecule has 0 aliphatic heterocycles. The van der Waals surface area contributed by atoms with Crippen molar-refractivity contribution in [3.05, 3.63) is 83.4 Å². The van der Waals surface area contributed by atoms with E-state index < -0.39 is 14.0 Å². The van der Waals surface area contributed by atoms with Gasteiger partial charge >= 0.3 is 0 Å². The van der Waals surface area contributed by atoms with Gasteiger partial charge in [-0.3, -0.25) is 4.79 Å². The molecule has 0 aliphatic rings. The van der Waals surface area contributed by atoms with Gasteiger partial charge in [0.15, 0.2) is 8.07 Å². The predicted octanol–water partition coefficient (Wildman–Crippen LogP) is 4.22. The van der Waals surface area contributed by atoms with E-state index in [0.717, 1.165) is 29.4 Å². The van der Waals surface area contributed by atoms with Gasteiger partial charge < -0.3 is 14.9 Å². The highest BCUT2D eigenvalue weighted by atomic mass is 28.3. The van der Waals surface area contributed by atoms with E-state index in [-0.39, 0.29) is 0 Å². The Morgan fingerprint density at radius 2 is 1.33 bits per heavy atom. The number of phenolic OH excluding ortho intramolecular Hbond substituents is 1. The average Bonchev–Trinajstić information content (AvgIpc) is 2.72. The number of aryl methyl sites for hydroxylation is 1. The van der Waals surface area contributed by atoms with Gasteiger partial charge in [-0.1, -0.05) is 77.6 Å². The Balaban J connectivity index is 0.000000735. The van der Waals surface area contributed by atoms with Crippen LogP contribution in [0.15, 0.2) is 66.7 Å². The van der Waals surface area contributed by atoms with Crippen LogP contribution in [0.4, 0.5) is 0 Å². The molecular formula is C25H30O4Si. The van der Waals surface area contributed by atoms with E-state index >= 15 is 0 Å². The molecule has 0 radical (unpaired) electrons. The second-order valence-corrected chi connectivity index (χ2v) is 11.8. The number of carboxylic acid groups (broad SMARTS) is 1. The highest BCUT2D eigenvalue weighted by Gasteiger charge is 2.33. The number of ether oxygens (including phenoxy) is 1. The number of carbonyl (C=O) groups is 1. The van der Waals surface area contributed by atoms with Crippen molar-refractivity contribution in [3.63, 3.8) is 0 Å². The van der Waals surface area contributed by atoms with Crippen LogP contribution in [0.5, 0.6) is 11.5 Å². The first-order valence-corrected chi connectivity index (χ1v) is 12.6. The Labute approximate surface area is 179 Å². The van der Waals surface area contributed by atoms with E-state index in [2.05, 4.69) is 67.2 Å². The van der Waals surface area contributed by atoms with E-state index in [4.69, 9.17) is 14.6 Å². The van der Waals surface area contributed by atoms with E-state index in [1.54, 1.807) is 6.07 Å². The van der Waals surface area contributed by atoms with Gasteiger partial charge in [0, 0.05) is 6.92 Å². The molecule has 3 aromatic carbocycles. The third kappa shape index (κ3) is 5.51. The van der Waals surface area contributed by atoms with E-state index in [1.165, 1.54) is 10.4 Å². The van der Waals surface area contributed by atoms with Crippen LogP contribution in [0.2, 0.25) is 6.55 Å². The molecule has 5 heteroatoms. The molecule has 0 saturated carbocycles. The molecule has 3 aromatic rings. The maximum atomic E-state index is 10.0. The molecule has 0 amide bonds. The zero-order valence-corrected chi connectivity index (χ0v) is 19.3. The van der Waals surface area contributed by atoms with Crippen LogP contribution >= 0.6 is 0 Å². The Morgan fingerprint density at radius 1 is 0.900 bits per heavy atom. The van der Waals surface area contributed by atoms with Crippen LogP contribution in [0.3, 0.4) is 0 Å². The summed E-state index contributed by atoms with van der Waals surface area (Å²) in [5.41, 5.74) is 2.87. The molecule has 0 fully saturated rings. The molecule has 0 bridgehead atoms. The zero-order chi connectivity index (χ0) is 22.3.